The van der Waals surface area contributed by atoms with Crippen molar-refractivity contribution in [2.45, 2.75) is 51.7 Å². The van der Waals surface area contributed by atoms with Gasteiger partial charge in [0.1, 0.15) is 0 Å². The predicted molar refractivity (Wildman–Crippen MR) is 121 cm³/mol. The lowest BCUT2D eigenvalue weighted by Crippen LogP contribution is -2.42. The standard InChI is InChI=1S/C26H34N2O2/c1-3-19-8-4-5-9-23(19)20-10-11-24(22(16-20)18-29)25-17-21(12-15-27(25)2)26(30)28-13-6-7-14-28/h4-5,8-11,16,21,25,29H,3,6-7,12-15,17-18H2,1-2H3. The molecule has 2 aliphatic rings. The highest BCUT2D eigenvalue weighted by Gasteiger charge is 2.35. The third kappa shape index (κ3) is 4.17. The number of amides is 1. The van der Waals surface area contributed by atoms with Crippen LogP contribution < -0.4 is 0 Å². The number of aliphatic hydroxyl groups excluding tert-OH is 1. The molecule has 2 unspecified atom stereocenters. The number of likely N-dealkylation sites (tertiary alicyclic amines) is 2. The Hall–Kier alpha value is -2.17. The number of piperidine rings is 1. The Balaban J connectivity index is 1.61. The van der Waals surface area contributed by atoms with E-state index < -0.39 is 0 Å². The number of carbonyl (C=O) groups is 1. The van der Waals surface area contributed by atoms with E-state index in [9.17, 15) is 9.90 Å². The molecular weight excluding hydrogens is 372 g/mol. The van der Waals surface area contributed by atoms with E-state index >= 15 is 0 Å². The van der Waals surface area contributed by atoms with Gasteiger partial charge >= 0.3 is 0 Å². The van der Waals surface area contributed by atoms with Crippen molar-refractivity contribution >= 4 is 5.91 Å². The first-order chi connectivity index (χ1) is 14.6. The average Bonchev–Trinajstić information content (AvgIpc) is 3.33. The van der Waals surface area contributed by atoms with Gasteiger partial charge in [0, 0.05) is 25.0 Å². The van der Waals surface area contributed by atoms with E-state index in [0.29, 0.717) is 5.91 Å². The highest BCUT2D eigenvalue weighted by molar-refractivity contribution is 5.79. The summed E-state index contributed by atoms with van der Waals surface area (Å²) in [5.41, 5.74) is 5.85. The predicted octanol–water partition coefficient (Wildman–Crippen LogP) is 4.41. The van der Waals surface area contributed by atoms with Gasteiger partial charge in [-0.05, 0) is 79.6 Å². The summed E-state index contributed by atoms with van der Waals surface area (Å²) >= 11 is 0. The Morgan fingerprint density at radius 2 is 1.83 bits per heavy atom. The van der Waals surface area contributed by atoms with E-state index in [1.165, 1.54) is 11.1 Å². The second kappa shape index (κ2) is 9.32. The first kappa shape index (κ1) is 21.1. The molecule has 2 saturated heterocycles. The number of benzene rings is 2. The van der Waals surface area contributed by atoms with Crippen LogP contribution in [0.5, 0.6) is 0 Å². The molecule has 2 heterocycles. The van der Waals surface area contributed by atoms with Crippen molar-refractivity contribution in [2.24, 2.45) is 5.92 Å². The summed E-state index contributed by atoms with van der Waals surface area (Å²) in [4.78, 5) is 17.4. The van der Waals surface area contributed by atoms with E-state index in [1.54, 1.807) is 0 Å². The summed E-state index contributed by atoms with van der Waals surface area (Å²) in [6.45, 7) is 4.95. The fourth-order valence-corrected chi connectivity index (χ4v) is 5.21. The molecule has 4 rings (SSSR count). The zero-order chi connectivity index (χ0) is 21.1. The molecule has 2 aromatic rings. The molecule has 1 amide bonds. The summed E-state index contributed by atoms with van der Waals surface area (Å²) in [7, 11) is 2.14. The van der Waals surface area contributed by atoms with E-state index in [0.717, 1.165) is 68.4 Å². The van der Waals surface area contributed by atoms with Crippen molar-refractivity contribution in [3.8, 4) is 11.1 Å². The molecule has 4 heteroatoms. The van der Waals surface area contributed by atoms with E-state index in [-0.39, 0.29) is 18.6 Å². The first-order valence-corrected chi connectivity index (χ1v) is 11.4. The van der Waals surface area contributed by atoms with Crippen LogP contribution in [-0.4, -0.2) is 47.5 Å². The minimum Gasteiger partial charge on any atom is -0.392 e. The van der Waals surface area contributed by atoms with Gasteiger partial charge in [-0.2, -0.15) is 0 Å². The molecule has 0 bridgehead atoms. The van der Waals surface area contributed by atoms with Crippen LogP contribution in [0.1, 0.15) is 55.3 Å². The Morgan fingerprint density at radius 1 is 1.07 bits per heavy atom. The fourth-order valence-electron chi connectivity index (χ4n) is 5.21. The number of carbonyl (C=O) groups excluding carboxylic acids is 1. The molecule has 2 atom stereocenters. The third-order valence-electron chi connectivity index (χ3n) is 7.02. The lowest BCUT2D eigenvalue weighted by atomic mass is 9.84. The molecule has 4 nitrogen and oxygen atoms in total. The lowest BCUT2D eigenvalue weighted by Gasteiger charge is -2.38. The quantitative estimate of drug-likeness (QED) is 0.800. The Labute approximate surface area is 180 Å². The Bertz CT molecular complexity index is 888. The van der Waals surface area contributed by atoms with Gasteiger partial charge in [0.2, 0.25) is 5.91 Å². The van der Waals surface area contributed by atoms with Crippen LogP contribution in [0.4, 0.5) is 0 Å². The molecule has 1 N–H and O–H groups in total. The number of rotatable bonds is 5. The molecule has 0 aromatic heterocycles. The summed E-state index contributed by atoms with van der Waals surface area (Å²) in [6, 6.07) is 15.2. The largest absolute Gasteiger partial charge is 0.392 e. The average molecular weight is 407 g/mol. The first-order valence-electron chi connectivity index (χ1n) is 11.4. The van der Waals surface area contributed by atoms with Crippen LogP contribution in [0.25, 0.3) is 11.1 Å². The topological polar surface area (TPSA) is 43.8 Å². The molecule has 2 aliphatic heterocycles. The van der Waals surface area contributed by atoms with Crippen LogP contribution in [0.3, 0.4) is 0 Å². The van der Waals surface area contributed by atoms with Gasteiger partial charge < -0.3 is 10.0 Å². The molecule has 0 aliphatic carbocycles. The molecule has 160 valence electrons. The van der Waals surface area contributed by atoms with Crippen LogP contribution >= 0.6 is 0 Å². The maximum absolute atomic E-state index is 13.0. The Morgan fingerprint density at radius 3 is 2.57 bits per heavy atom. The normalized spacial score (nSPS) is 22.4. The number of nitrogens with zero attached hydrogens (tertiary/aromatic N) is 2. The van der Waals surface area contributed by atoms with Gasteiger partial charge in [0.15, 0.2) is 0 Å². The summed E-state index contributed by atoms with van der Waals surface area (Å²) in [6.07, 6.45) is 5.02. The smallest absolute Gasteiger partial charge is 0.225 e. The Kier molecular flexibility index (Phi) is 6.55. The van der Waals surface area contributed by atoms with Crippen LogP contribution in [-0.2, 0) is 17.8 Å². The number of hydrogen-bond acceptors (Lipinski definition) is 3. The number of aryl methyl sites for hydroxylation is 1. The van der Waals surface area contributed by atoms with Crippen LogP contribution in [0.2, 0.25) is 0 Å². The second-order valence-electron chi connectivity index (χ2n) is 8.83. The monoisotopic (exact) mass is 406 g/mol. The van der Waals surface area contributed by atoms with Crippen LogP contribution in [0.15, 0.2) is 42.5 Å². The summed E-state index contributed by atoms with van der Waals surface area (Å²) in [5, 5.41) is 10.2. The van der Waals surface area contributed by atoms with Crippen LogP contribution in [0, 0.1) is 5.92 Å². The minimum absolute atomic E-state index is 0.0204. The van der Waals surface area contributed by atoms with Gasteiger partial charge in [-0.3, -0.25) is 9.69 Å². The SMILES string of the molecule is CCc1ccccc1-c1ccc(C2CC(C(=O)N3CCCC3)CCN2C)c(CO)c1. The second-order valence-corrected chi connectivity index (χ2v) is 8.83. The zero-order valence-electron chi connectivity index (χ0n) is 18.3. The molecule has 30 heavy (non-hydrogen) atoms. The highest BCUT2D eigenvalue weighted by Crippen LogP contribution is 2.37. The third-order valence-corrected chi connectivity index (χ3v) is 7.02. The maximum atomic E-state index is 13.0. The maximum Gasteiger partial charge on any atom is 0.225 e. The number of aliphatic hydroxyl groups is 1. The lowest BCUT2D eigenvalue weighted by molar-refractivity contribution is -0.136. The van der Waals surface area contributed by atoms with Crippen molar-refractivity contribution in [2.75, 3.05) is 26.7 Å². The van der Waals surface area contributed by atoms with Crippen molar-refractivity contribution in [3.63, 3.8) is 0 Å². The molecular formula is C26H34N2O2. The summed E-state index contributed by atoms with van der Waals surface area (Å²) in [5.74, 6) is 0.431. The molecule has 0 saturated carbocycles. The van der Waals surface area contributed by atoms with Gasteiger partial charge in [-0.15, -0.1) is 0 Å². The van der Waals surface area contributed by atoms with Gasteiger partial charge in [-0.25, -0.2) is 0 Å². The molecule has 2 aromatic carbocycles. The minimum atomic E-state index is 0.0204. The van der Waals surface area contributed by atoms with Crippen molar-refractivity contribution in [1.29, 1.82) is 0 Å². The molecule has 0 radical (unpaired) electrons. The zero-order valence-corrected chi connectivity index (χ0v) is 18.3. The van der Waals surface area contributed by atoms with Crippen molar-refractivity contribution in [3.05, 3.63) is 59.2 Å². The van der Waals surface area contributed by atoms with E-state index in [2.05, 4.69) is 66.2 Å². The van der Waals surface area contributed by atoms with Crippen molar-refractivity contribution < 1.29 is 9.90 Å². The van der Waals surface area contributed by atoms with Crippen molar-refractivity contribution in [1.82, 2.24) is 9.80 Å². The van der Waals surface area contributed by atoms with Gasteiger partial charge in [-0.1, -0.05) is 43.3 Å². The highest BCUT2D eigenvalue weighted by atomic mass is 16.3. The van der Waals surface area contributed by atoms with Gasteiger partial charge in [0.25, 0.3) is 0 Å². The van der Waals surface area contributed by atoms with E-state index in [1.807, 2.05) is 0 Å². The summed E-state index contributed by atoms with van der Waals surface area (Å²) < 4.78 is 0. The fraction of sp³-hybridized carbons (Fsp3) is 0.500. The molecule has 2 fully saturated rings. The van der Waals surface area contributed by atoms with Gasteiger partial charge in [0.05, 0.1) is 6.61 Å². The van der Waals surface area contributed by atoms with E-state index in [4.69, 9.17) is 0 Å². The number of hydrogen-bond donors (Lipinski definition) is 1. The molecule has 0 spiro atoms.